The number of hydrogen-bond acceptors (Lipinski definition) is 1. The third-order valence-corrected chi connectivity index (χ3v) is 4.33. The highest BCUT2D eigenvalue weighted by Gasteiger charge is 2.10. The van der Waals surface area contributed by atoms with Crippen LogP contribution in [0.2, 0.25) is 0 Å². The number of unbranched alkanes of at least 4 members (excludes halogenated alkanes) is 1. The van der Waals surface area contributed by atoms with E-state index in [1.807, 2.05) is 6.92 Å². The molecule has 0 N–H and O–H groups in total. The van der Waals surface area contributed by atoms with Gasteiger partial charge in [-0.05, 0) is 42.8 Å². The van der Waals surface area contributed by atoms with Crippen molar-refractivity contribution in [1.82, 2.24) is 0 Å². The summed E-state index contributed by atoms with van der Waals surface area (Å²) < 4.78 is 73.2. The van der Waals surface area contributed by atoms with Gasteiger partial charge >= 0.3 is 0 Å². The van der Waals surface area contributed by atoms with Crippen molar-refractivity contribution in [3.8, 4) is 29.4 Å². The molecular formula is C26H17F5O. The van der Waals surface area contributed by atoms with E-state index in [9.17, 15) is 22.0 Å². The van der Waals surface area contributed by atoms with Crippen molar-refractivity contribution in [2.24, 2.45) is 0 Å². The molecule has 3 rings (SSSR count). The molecule has 6 heteroatoms. The van der Waals surface area contributed by atoms with Crippen molar-refractivity contribution < 1.29 is 26.7 Å². The summed E-state index contributed by atoms with van der Waals surface area (Å²) >= 11 is 0. The SMILES string of the molecule is CCCCOc1cc(F)c(C#Cc2ccc(C#Cc3cc(F)c(F)c(F)c3)cc2)c(F)c1. The number of ether oxygens (including phenoxy) is 1. The van der Waals surface area contributed by atoms with Crippen molar-refractivity contribution >= 4 is 0 Å². The Balaban J connectivity index is 1.74. The molecule has 162 valence electrons. The second-order valence-electron chi connectivity index (χ2n) is 6.80. The summed E-state index contributed by atoms with van der Waals surface area (Å²) in [6.07, 6.45) is 1.69. The first kappa shape index (κ1) is 22.9. The lowest BCUT2D eigenvalue weighted by atomic mass is 10.1. The van der Waals surface area contributed by atoms with E-state index >= 15 is 0 Å². The Morgan fingerprint density at radius 3 is 1.69 bits per heavy atom. The molecule has 0 aliphatic rings. The highest BCUT2D eigenvalue weighted by molar-refractivity contribution is 5.49. The van der Waals surface area contributed by atoms with Gasteiger partial charge in [0.2, 0.25) is 0 Å². The minimum Gasteiger partial charge on any atom is -0.493 e. The fraction of sp³-hybridized carbons (Fsp3) is 0.154. The van der Waals surface area contributed by atoms with Crippen LogP contribution in [0.5, 0.6) is 5.75 Å². The Labute approximate surface area is 182 Å². The molecule has 0 aromatic heterocycles. The van der Waals surface area contributed by atoms with Gasteiger partial charge in [-0.2, -0.15) is 0 Å². The average Bonchev–Trinajstić information content (AvgIpc) is 2.76. The summed E-state index contributed by atoms with van der Waals surface area (Å²) in [7, 11) is 0. The maximum absolute atomic E-state index is 14.2. The number of halogens is 5. The van der Waals surface area contributed by atoms with Crippen LogP contribution in [0.4, 0.5) is 22.0 Å². The molecule has 0 radical (unpaired) electrons. The van der Waals surface area contributed by atoms with Crippen molar-refractivity contribution in [2.45, 2.75) is 19.8 Å². The molecule has 0 spiro atoms. The highest BCUT2D eigenvalue weighted by Crippen LogP contribution is 2.20. The molecule has 3 aromatic rings. The van der Waals surface area contributed by atoms with Crippen LogP contribution in [-0.2, 0) is 0 Å². The largest absolute Gasteiger partial charge is 0.493 e. The summed E-state index contributed by atoms with van der Waals surface area (Å²) in [5, 5.41) is 0. The third-order valence-electron chi connectivity index (χ3n) is 4.33. The fourth-order valence-corrected chi connectivity index (χ4v) is 2.63. The summed E-state index contributed by atoms with van der Waals surface area (Å²) in [5.41, 5.74) is 0.610. The lowest BCUT2D eigenvalue weighted by Gasteiger charge is -2.06. The molecule has 0 atom stereocenters. The monoisotopic (exact) mass is 440 g/mol. The summed E-state index contributed by atoms with van der Waals surface area (Å²) in [4.78, 5) is 0. The first-order chi connectivity index (χ1) is 15.4. The van der Waals surface area contributed by atoms with Gasteiger partial charge in [-0.3, -0.25) is 0 Å². The van der Waals surface area contributed by atoms with E-state index in [-0.39, 0.29) is 16.9 Å². The molecule has 1 nitrogen and oxygen atoms in total. The lowest BCUT2D eigenvalue weighted by molar-refractivity contribution is 0.306. The number of benzene rings is 3. The summed E-state index contributed by atoms with van der Waals surface area (Å²) in [6, 6.07) is 10.1. The Hall–Kier alpha value is -3.77. The summed E-state index contributed by atoms with van der Waals surface area (Å²) in [6.45, 7) is 2.36. The molecule has 3 aromatic carbocycles. The van der Waals surface area contributed by atoms with Crippen LogP contribution >= 0.6 is 0 Å². The highest BCUT2D eigenvalue weighted by atomic mass is 19.2. The molecule has 0 aliphatic heterocycles. The molecule has 0 aliphatic carbocycles. The van der Waals surface area contributed by atoms with Gasteiger partial charge in [-0.15, -0.1) is 0 Å². The topological polar surface area (TPSA) is 9.23 Å². The third kappa shape index (κ3) is 5.89. The molecule has 0 bridgehead atoms. The average molecular weight is 440 g/mol. The van der Waals surface area contributed by atoms with Crippen molar-refractivity contribution in [3.05, 3.63) is 99.9 Å². The molecule has 0 amide bonds. The minimum atomic E-state index is -1.55. The molecule has 0 unspecified atom stereocenters. The zero-order valence-electron chi connectivity index (χ0n) is 17.0. The van der Waals surface area contributed by atoms with E-state index in [0.717, 1.165) is 37.1 Å². The Morgan fingerprint density at radius 1 is 0.656 bits per heavy atom. The van der Waals surface area contributed by atoms with E-state index in [1.54, 1.807) is 24.3 Å². The number of hydrogen-bond donors (Lipinski definition) is 0. The van der Waals surface area contributed by atoms with Gasteiger partial charge in [0.05, 0.1) is 12.2 Å². The first-order valence-corrected chi connectivity index (χ1v) is 9.78. The molecule has 0 saturated heterocycles. The molecular weight excluding hydrogens is 423 g/mol. The van der Waals surface area contributed by atoms with E-state index in [4.69, 9.17) is 4.74 Å². The van der Waals surface area contributed by atoms with E-state index in [2.05, 4.69) is 23.7 Å². The van der Waals surface area contributed by atoms with Gasteiger partial charge < -0.3 is 4.74 Å². The van der Waals surface area contributed by atoms with Crippen LogP contribution in [0.15, 0.2) is 48.5 Å². The van der Waals surface area contributed by atoms with Crippen molar-refractivity contribution in [2.75, 3.05) is 6.61 Å². The maximum Gasteiger partial charge on any atom is 0.194 e. The van der Waals surface area contributed by atoms with Crippen LogP contribution in [0, 0.1) is 52.8 Å². The molecule has 0 fully saturated rings. The first-order valence-electron chi connectivity index (χ1n) is 9.78. The zero-order valence-corrected chi connectivity index (χ0v) is 17.0. The van der Waals surface area contributed by atoms with Crippen molar-refractivity contribution in [3.63, 3.8) is 0 Å². The number of rotatable bonds is 4. The lowest BCUT2D eigenvalue weighted by Crippen LogP contribution is -1.99. The second kappa shape index (κ2) is 10.5. The quantitative estimate of drug-likeness (QED) is 0.199. The van der Waals surface area contributed by atoms with Crippen LogP contribution < -0.4 is 4.74 Å². The van der Waals surface area contributed by atoms with E-state index in [0.29, 0.717) is 17.7 Å². The molecule has 32 heavy (non-hydrogen) atoms. The second-order valence-corrected chi connectivity index (χ2v) is 6.80. The normalized spacial score (nSPS) is 10.1. The van der Waals surface area contributed by atoms with E-state index < -0.39 is 29.1 Å². The standard InChI is InChI=1S/C26H17F5O/c1-2-3-12-32-20-15-22(27)21(23(28)16-20)11-10-18-6-4-17(5-7-18)8-9-19-13-24(29)26(31)25(30)14-19/h4-7,13-16H,2-3,12H2,1H3. The zero-order chi connectivity index (χ0) is 23.1. The Morgan fingerprint density at radius 2 is 1.16 bits per heavy atom. The smallest absolute Gasteiger partial charge is 0.194 e. The predicted octanol–water partition coefficient (Wildman–Crippen LogP) is 6.36. The Bertz CT molecular complexity index is 1200. The van der Waals surface area contributed by atoms with Gasteiger partial charge in [0.15, 0.2) is 17.5 Å². The van der Waals surface area contributed by atoms with Gasteiger partial charge in [0, 0.05) is 28.8 Å². The van der Waals surface area contributed by atoms with Crippen molar-refractivity contribution in [1.29, 1.82) is 0 Å². The van der Waals surface area contributed by atoms with Gasteiger partial charge in [0.1, 0.15) is 17.4 Å². The fourth-order valence-electron chi connectivity index (χ4n) is 2.63. The van der Waals surface area contributed by atoms with Gasteiger partial charge in [0.25, 0.3) is 0 Å². The maximum atomic E-state index is 14.2. The van der Waals surface area contributed by atoms with Crippen LogP contribution in [-0.4, -0.2) is 6.61 Å². The van der Waals surface area contributed by atoms with Gasteiger partial charge in [-0.25, -0.2) is 22.0 Å². The predicted molar refractivity (Wildman–Crippen MR) is 111 cm³/mol. The molecule has 0 heterocycles. The van der Waals surface area contributed by atoms with Gasteiger partial charge in [-0.1, -0.05) is 37.0 Å². The summed E-state index contributed by atoms with van der Waals surface area (Å²) in [5.74, 6) is 4.68. The van der Waals surface area contributed by atoms with Crippen LogP contribution in [0.3, 0.4) is 0 Å². The van der Waals surface area contributed by atoms with E-state index in [1.165, 1.54) is 0 Å². The molecule has 0 saturated carbocycles. The Kier molecular flexibility index (Phi) is 7.52. The van der Waals surface area contributed by atoms with Crippen LogP contribution in [0.25, 0.3) is 0 Å². The van der Waals surface area contributed by atoms with Crippen LogP contribution in [0.1, 0.15) is 42.0 Å². The minimum absolute atomic E-state index is 0.0154.